The quantitative estimate of drug-likeness (QED) is 0.694. The summed E-state index contributed by atoms with van der Waals surface area (Å²) in [5.41, 5.74) is -0.840. The summed E-state index contributed by atoms with van der Waals surface area (Å²) < 4.78 is 37.7. The predicted molar refractivity (Wildman–Crippen MR) is 51.3 cm³/mol. The third-order valence-corrected chi connectivity index (χ3v) is 2.30. The van der Waals surface area contributed by atoms with Crippen molar-refractivity contribution in [2.45, 2.75) is 32.9 Å². The van der Waals surface area contributed by atoms with Crippen molar-refractivity contribution in [1.82, 2.24) is 0 Å². The molecular formula is C11H13F3O. The molecule has 0 radical (unpaired) electrons. The Morgan fingerprint density at radius 3 is 2.47 bits per heavy atom. The first kappa shape index (κ1) is 12.0. The minimum atomic E-state index is -4.42. The lowest BCUT2D eigenvalue weighted by molar-refractivity contribution is -0.120. The van der Waals surface area contributed by atoms with Gasteiger partial charge in [0.25, 0.3) is 0 Å². The van der Waals surface area contributed by atoms with Crippen LogP contribution in [0.2, 0.25) is 0 Å². The number of alkyl halides is 3. The molecule has 0 aromatic carbocycles. The fraction of sp³-hybridized carbons (Fsp3) is 0.545. The van der Waals surface area contributed by atoms with Crippen LogP contribution in [-0.2, 0) is 4.79 Å². The van der Waals surface area contributed by atoms with Gasteiger partial charge in [0.1, 0.15) is 0 Å². The Morgan fingerprint density at radius 1 is 1.40 bits per heavy atom. The molecule has 1 nitrogen and oxygen atoms in total. The van der Waals surface area contributed by atoms with Gasteiger partial charge >= 0.3 is 6.18 Å². The van der Waals surface area contributed by atoms with Crippen LogP contribution in [0.1, 0.15) is 26.7 Å². The van der Waals surface area contributed by atoms with Crippen LogP contribution in [0, 0.1) is 5.92 Å². The van der Waals surface area contributed by atoms with Crippen LogP contribution in [0.4, 0.5) is 13.2 Å². The van der Waals surface area contributed by atoms with E-state index in [0.29, 0.717) is 6.42 Å². The van der Waals surface area contributed by atoms with Crippen LogP contribution in [-0.4, -0.2) is 12.0 Å². The zero-order valence-corrected chi connectivity index (χ0v) is 8.69. The maximum Gasteiger partial charge on any atom is 0.416 e. The average Bonchev–Trinajstić information content (AvgIpc) is 2.15. The van der Waals surface area contributed by atoms with Crippen molar-refractivity contribution in [2.75, 3.05) is 0 Å². The fourth-order valence-electron chi connectivity index (χ4n) is 1.53. The minimum Gasteiger partial charge on any atom is -0.294 e. The Hall–Kier alpha value is -1.06. The molecule has 0 aliphatic heterocycles. The van der Waals surface area contributed by atoms with Crippen molar-refractivity contribution >= 4 is 5.78 Å². The molecule has 1 rings (SSSR count). The highest BCUT2D eigenvalue weighted by atomic mass is 19.4. The van der Waals surface area contributed by atoms with Gasteiger partial charge in [-0.05, 0) is 12.8 Å². The van der Waals surface area contributed by atoms with E-state index in [0.717, 1.165) is 6.08 Å². The number of allylic oxidation sites excluding steroid dienone is 4. The lowest BCUT2D eigenvalue weighted by Gasteiger charge is -2.18. The summed E-state index contributed by atoms with van der Waals surface area (Å²) in [5, 5.41) is 0. The number of hydrogen-bond donors (Lipinski definition) is 0. The Kier molecular flexibility index (Phi) is 3.37. The lowest BCUT2D eigenvalue weighted by Crippen LogP contribution is -2.21. The van der Waals surface area contributed by atoms with Crippen LogP contribution in [0.15, 0.2) is 23.3 Å². The highest BCUT2D eigenvalue weighted by Crippen LogP contribution is 2.34. The summed E-state index contributed by atoms with van der Waals surface area (Å²) in [5.74, 6) is -0.782. The van der Waals surface area contributed by atoms with Crippen molar-refractivity contribution in [3.05, 3.63) is 23.3 Å². The standard InChI is InChI=1S/C11H13F3O/c1-7(2)10(15)8-5-3-4-6-9(8)11(12,13)14/h4,6-7H,3,5H2,1-2H3. The molecule has 0 fully saturated rings. The summed E-state index contributed by atoms with van der Waals surface area (Å²) in [7, 11) is 0. The predicted octanol–water partition coefficient (Wildman–Crippen LogP) is 3.42. The Balaban J connectivity index is 3.14. The minimum absolute atomic E-state index is 0.0694. The Morgan fingerprint density at radius 2 is 2.00 bits per heavy atom. The molecule has 15 heavy (non-hydrogen) atoms. The summed E-state index contributed by atoms with van der Waals surface area (Å²) in [4.78, 5) is 11.6. The molecule has 0 N–H and O–H groups in total. The molecular weight excluding hydrogens is 205 g/mol. The van der Waals surface area contributed by atoms with Crippen LogP contribution < -0.4 is 0 Å². The lowest BCUT2D eigenvalue weighted by atomic mass is 9.89. The smallest absolute Gasteiger partial charge is 0.294 e. The van der Waals surface area contributed by atoms with Gasteiger partial charge < -0.3 is 0 Å². The SMILES string of the molecule is CC(C)C(=O)C1=C(C(F)(F)F)C=CCC1. The molecule has 4 heteroatoms. The van der Waals surface area contributed by atoms with E-state index in [1.54, 1.807) is 13.8 Å². The second-order valence-corrected chi connectivity index (χ2v) is 3.85. The van der Waals surface area contributed by atoms with Gasteiger partial charge in [-0.25, -0.2) is 0 Å². The normalized spacial score (nSPS) is 17.5. The van der Waals surface area contributed by atoms with Gasteiger partial charge in [-0.1, -0.05) is 26.0 Å². The number of Topliss-reactive ketones (excluding diaryl/α,β-unsaturated/α-hetero) is 1. The largest absolute Gasteiger partial charge is 0.416 e. The van der Waals surface area contributed by atoms with Gasteiger partial charge in [-0.2, -0.15) is 13.2 Å². The first-order chi connectivity index (χ1) is 6.84. The maximum absolute atomic E-state index is 12.6. The number of rotatable bonds is 2. The summed E-state index contributed by atoms with van der Waals surface area (Å²) in [6, 6.07) is 0. The van der Waals surface area contributed by atoms with E-state index in [4.69, 9.17) is 0 Å². The highest BCUT2D eigenvalue weighted by Gasteiger charge is 2.37. The van der Waals surface area contributed by atoms with Crippen molar-refractivity contribution < 1.29 is 18.0 Å². The van der Waals surface area contributed by atoms with Crippen LogP contribution >= 0.6 is 0 Å². The van der Waals surface area contributed by atoms with Gasteiger partial charge in [0.2, 0.25) is 0 Å². The van der Waals surface area contributed by atoms with Crippen molar-refractivity contribution in [2.24, 2.45) is 5.92 Å². The molecule has 0 aromatic rings. The van der Waals surface area contributed by atoms with E-state index < -0.39 is 17.5 Å². The molecule has 1 aliphatic carbocycles. The third-order valence-electron chi connectivity index (χ3n) is 2.30. The van der Waals surface area contributed by atoms with E-state index in [9.17, 15) is 18.0 Å². The van der Waals surface area contributed by atoms with Gasteiger partial charge in [-0.3, -0.25) is 4.79 Å². The van der Waals surface area contributed by atoms with Gasteiger partial charge in [-0.15, -0.1) is 0 Å². The molecule has 0 unspecified atom stereocenters. The topological polar surface area (TPSA) is 17.1 Å². The monoisotopic (exact) mass is 218 g/mol. The first-order valence-electron chi connectivity index (χ1n) is 4.85. The highest BCUT2D eigenvalue weighted by molar-refractivity contribution is 5.98. The Labute approximate surface area is 86.7 Å². The third kappa shape index (κ3) is 2.70. The number of carbonyl (C=O) groups excluding carboxylic acids is 1. The van der Waals surface area contributed by atoms with Crippen LogP contribution in [0.3, 0.4) is 0 Å². The molecule has 0 heterocycles. The molecule has 0 bridgehead atoms. The van der Waals surface area contributed by atoms with E-state index in [1.807, 2.05) is 0 Å². The molecule has 0 spiro atoms. The zero-order valence-electron chi connectivity index (χ0n) is 8.69. The van der Waals surface area contributed by atoms with Crippen LogP contribution in [0.25, 0.3) is 0 Å². The maximum atomic E-state index is 12.6. The van der Waals surface area contributed by atoms with Crippen molar-refractivity contribution in [3.63, 3.8) is 0 Å². The number of carbonyl (C=O) groups is 1. The summed E-state index contributed by atoms with van der Waals surface area (Å²) in [6.07, 6.45) is -1.24. The molecule has 0 saturated heterocycles. The van der Waals surface area contributed by atoms with E-state index in [-0.39, 0.29) is 17.9 Å². The zero-order chi connectivity index (χ0) is 11.6. The second-order valence-electron chi connectivity index (χ2n) is 3.85. The van der Waals surface area contributed by atoms with Crippen molar-refractivity contribution in [1.29, 1.82) is 0 Å². The molecule has 0 amide bonds. The first-order valence-corrected chi connectivity index (χ1v) is 4.85. The van der Waals surface area contributed by atoms with E-state index in [2.05, 4.69) is 0 Å². The Bertz CT molecular complexity index is 321. The summed E-state index contributed by atoms with van der Waals surface area (Å²) >= 11 is 0. The van der Waals surface area contributed by atoms with Crippen molar-refractivity contribution in [3.8, 4) is 0 Å². The van der Waals surface area contributed by atoms with Crippen LogP contribution in [0.5, 0.6) is 0 Å². The molecule has 84 valence electrons. The number of hydrogen-bond acceptors (Lipinski definition) is 1. The fourth-order valence-corrected chi connectivity index (χ4v) is 1.53. The molecule has 0 atom stereocenters. The second kappa shape index (κ2) is 4.21. The van der Waals surface area contributed by atoms with Gasteiger partial charge in [0, 0.05) is 11.5 Å². The molecule has 0 aromatic heterocycles. The molecule has 0 saturated carbocycles. The number of halogens is 3. The van der Waals surface area contributed by atoms with E-state index in [1.165, 1.54) is 6.08 Å². The average molecular weight is 218 g/mol. The number of ketones is 1. The summed E-state index contributed by atoms with van der Waals surface area (Å²) in [6.45, 7) is 3.23. The van der Waals surface area contributed by atoms with Gasteiger partial charge in [0.15, 0.2) is 5.78 Å². The van der Waals surface area contributed by atoms with Gasteiger partial charge in [0.05, 0.1) is 5.57 Å². The molecule has 1 aliphatic rings. The van der Waals surface area contributed by atoms with E-state index >= 15 is 0 Å².